The van der Waals surface area contributed by atoms with Crippen LogP contribution in [0.4, 0.5) is 0 Å². The van der Waals surface area contributed by atoms with Gasteiger partial charge in [-0.2, -0.15) is 5.26 Å². The van der Waals surface area contributed by atoms with Crippen LogP contribution in [0.2, 0.25) is 5.02 Å². The first-order valence-electron chi connectivity index (χ1n) is 8.22. The van der Waals surface area contributed by atoms with Crippen molar-refractivity contribution in [2.75, 3.05) is 6.61 Å². The highest BCUT2D eigenvalue weighted by Gasteiger charge is 2.27. The molecule has 1 N–H and O–H groups in total. The van der Waals surface area contributed by atoms with Crippen molar-refractivity contribution in [3.8, 4) is 11.9 Å². The van der Waals surface area contributed by atoms with Crippen LogP contribution >= 0.6 is 11.6 Å². The van der Waals surface area contributed by atoms with Crippen LogP contribution in [-0.4, -0.2) is 28.2 Å². The van der Waals surface area contributed by atoms with Crippen molar-refractivity contribution < 1.29 is 14.6 Å². The number of benzene rings is 1. The van der Waals surface area contributed by atoms with Crippen molar-refractivity contribution in [2.45, 2.75) is 32.4 Å². The molecule has 0 aliphatic carbocycles. The van der Waals surface area contributed by atoms with Gasteiger partial charge in [-0.3, -0.25) is 14.2 Å². The molecule has 134 valence electrons. The van der Waals surface area contributed by atoms with Crippen LogP contribution in [0.25, 0.3) is 0 Å². The normalized spacial score (nSPS) is 16.4. The molecule has 3 rings (SSSR count). The Morgan fingerprint density at radius 2 is 2.12 bits per heavy atom. The average Bonchev–Trinajstić information content (AvgIpc) is 3.13. The standard InChI is InChI=1S/C19H17ClN2O4/c1-11-15(9-21)18(24)22(10-14-3-2-8-26-14)19(25)16(11)17(23)12-4-6-13(20)7-5-12/h4-7,14,25H,2-3,8,10H2,1H3. The van der Waals surface area contributed by atoms with E-state index in [0.29, 0.717) is 17.2 Å². The number of pyridine rings is 1. The van der Waals surface area contributed by atoms with E-state index in [1.54, 1.807) is 12.1 Å². The molecule has 0 amide bonds. The molecule has 0 radical (unpaired) electrons. The molecule has 26 heavy (non-hydrogen) atoms. The van der Waals surface area contributed by atoms with Crippen molar-refractivity contribution in [1.82, 2.24) is 4.57 Å². The maximum Gasteiger partial charge on any atom is 0.271 e. The zero-order valence-corrected chi connectivity index (χ0v) is 14.9. The summed E-state index contributed by atoms with van der Waals surface area (Å²) in [5.74, 6) is -0.920. The molecule has 1 unspecified atom stereocenters. The number of nitriles is 1. The molecule has 1 aliphatic rings. The average molecular weight is 373 g/mol. The molecule has 0 bridgehead atoms. The fourth-order valence-corrected chi connectivity index (χ4v) is 3.26. The van der Waals surface area contributed by atoms with Gasteiger partial charge >= 0.3 is 0 Å². The first kappa shape index (κ1) is 18.2. The highest BCUT2D eigenvalue weighted by atomic mass is 35.5. The molecular weight excluding hydrogens is 356 g/mol. The number of hydrogen-bond donors (Lipinski definition) is 1. The van der Waals surface area contributed by atoms with Crippen molar-refractivity contribution in [3.63, 3.8) is 0 Å². The first-order valence-corrected chi connectivity index (χ1v) is 8.60. The molecule has 7 heteroatoms. The van der Waals surface area contributed by atoms with Crippen LogP contribution in [0.3, 0.4) is 0 Å². The topological polar surface area (TPSA) is 92.3 Å². The van der Waals surface area contributed by atoms with Gasteiger partial charge in [0.15, 0.2) is 5.78 Å². The van der Waals surface area contributed by atoms with E-state index >= 15 is 0 Å². The summed E-state index contributed by atoms with van der Waals surface area (Å²) < 4.78 is 6.58. The fraction of sp³-hybridized carbons (Fsp3) is 0.316. The molecule has 1 aromatic carbocycles. The van der Waals surface area contributed by atoms with Crippen LogP contribution in [0.5, 0.6) is 5.88 Å². The van der Waals surface area contributed by atoms with Gasteiger partial charge in [0.1, 0.15) is 11.6 Å². The van der Waals surface area contributed by atoms with Gasteiger partial charge in [-0.25, -0.2) is 0 Å². The van der Waals surface area contributed by atoms with Crippen LogP contribution in [0.15, 0.2) is 29.1 Å². The minimum absolute atomic E-state index is 0.0542. The Kier molecular flexibility index (Phi) is 5.12. The van der Waals surface area contributed by atoms with E-state index in [1.807, 2.05) is 6.07 Å². The maximum absolute atomic E-state index is 12.9. The van der Waals surface area contributed by atoms with E-state index in [0.717, 1.165) is 17.4 Å². The Morgan fingerprint density at radius 1 is 1.42 bits per heavy atom. The number of nitrogens with zero attached hydrogens (tertiary/aromatic N) is 2. The summed E-state index contributed by atoms with van der Waals surface area (Å²) in [7, 11) is 0. The number of hydrogen-bond acceptors (Lipinski definition) is 5. The molecule has 1 fully saturated rings. The highest BCUT2D eigenvalue weighted by molar-refractivity contribution is 6.30. The van der Waals surface area contributed by atoms with E-state index in [1.165, 1.54) is 19.1 Å². The second-order valence-electron chi connectivity index (χ2n) is 6.20. The number of carbonyl (C=O) groups excluding carboxylic acids is 1. The summed E-state index contributed by atoms with van der Waals surface area (Å²) in [6, 6.07) is 8.05. The van der Waals surface area contributed by atoms with Crippen LogP contribution in [0, 0.1) is 18.3 Å². The highest BCUT2D eigenvalue weighted by Crippen LogP contribution is 2.26. The molecule has 1 aliphatic heterocycles. The largest absolute Gasteiger partial charge is 0.494 e. The first-order chi connectivity index (χ1) is 12.4. The lowest BCUT2D eigenvalue weighted by Crippen LogP contribution is -2.30. The van der Waals surface area contributed by atoms with E-state index < -0.39 is 17.2 Å². The summed E-state index contributed by atoms with van der Waals surface area (Å²) in [6.45, 7) is 2.17. The SMILES string of the molecule is Cc1c(C(=O)c2ccc(Cl)cc2)c(O)n(CC2CCCO2)c(=O)c1C#N. The summed E-state index contributed by atoms with van der Waals surface area (Å²) in [5.41, 5.74) is -0.359. The third-order valence-corrected chi connectivity index (χ3v) is 4.80. The molecule has 0 spiro atoms. The fourth-order valence-electron chi connectivity index (χ4n) is 3.13. The lowest BCUT2D eigenvalue weighted by Gasteiger charge is -2.18. The molecule has 0 saturated carbocycles. The minimum Gasteiger partial charge on any atom is -0.494 e. The lowest BCUT2D eigenvalue weighted by molar-refractivity contribution is 0.0929. The maximum atomic E-state index is 12.9. The number of aromatic hydroxyl groups is 1. The third-order valence-electron chi connectivity index (χ3n) is 4.54. The Morgan fingerprint density at radius 3 is 2.69 bits per heavy atom. The predicted octanol–water partition coefficient (Wildman–Crippen LogP) is 2.80. The summed E-state index contributed by atoms with van der Waals surface area (Å²) >= 11 is 5.85. The number of aromatic nitrogens is 1. The Labute approximate surface area is 155 Å². The number of ether oxygens (including phenoxy) is 1. The van der Waals surface area contributed by atoms with Gasteiger partial charge in [0.25, 0.3) is 5.56 Å². The number of rotatable bonds is 4. The van der Waals surface area contributed by atoms with Crippen molar-refractivity contribution in [3.05, 3.63) is 61.9 Å². The lowest BCUT2D eigenvalue weighted by atomic mass is 9.97. The number of ketones is 1. The Bertz CT molecular complexity index is 951. The quantitative estimate of drug-likeness (QED) is 0.833. The van der Waals surface area contributed by atoms with Crippen molar-refractivity contribution >= 4 is 17.4 Å². The van der Waals surface area contributed by atoms with Crippen LogP contribution in [0.1, 0.15) is 39.9 Å². The summed E-state index contributed by atoms with van der Waals surface area (Å²) in [6.07, 6.45) is 1.39. The molecule has 1 saturated heterocycles. The molecule has 1 aromatic heterocycles. The third kappa shape index (κ3) is 3.24. The zero-order valence-electron chi connectivity index (χ0n) is 14.2. The van der Waals surface area contributed by atoms with Crippen molar-refractivity contribution in [1.29, 1.82) is 5.26 Å². The summed E-state index contributed by atoms with van der Waals surface area (Å²) in [5, 5.41) is 20.5. The smallest absolute Gasteiger partial charge is 0.271 e. The van der Waals surface area contributed by atoms with Gasteiger partial charge < -0.3 is 9.84 Å². The van der Waals surface area contributed by atoms with Gasteiger partial charge in [0.2, 0.25) is 5.88 Å². The Hall–Kier alpha value is -2.62. The van der Waals surface area contributed by atoms with Gasteiger partial charge in [0, 0.05) is 17.2 Å². The van der Waals surface area contributed by atoms with Gasteiger partial charge in [-0.05, 0) is 49.6 Å². The van der Waals surface area contributed by atoms with Crippen LogP contribution < -0.4 is 5.56 Å². The van der Waals surface area contributed by atoms with E-state index in [-0.39, 0.29) is 29.3 Å². The predicted molar refractivity (Wildman–Crippen MR) is 95.7 cm³/mol. The van der Waals surface area contributed by atoms with E-state index in [2.05, 4.69) is 0 Å². The van der Waals surface area contributed by atoms with Crippen molar-refractivity contribution in [2.24, 2.45) is 0 Å². The van der Waals surface area contributed by atoms with E-state index in [4.69, 9.17) is 16.3 Å². The second kappa shape index (κ2) is 7.32. The van der Waals surface area contributed by atoms with Gasteiger partial charge in [0.05, 0.1) is 18.2 Å². The molecule has 2 heterocycles. The summed E-state index contributed by atoms with van der Waals surface area (Å²) in [4.78, 5) is 25.5. The molecular formula is C19H17ClN2O4. The number of halogens is 1. The second-order valence-corrected chi connectivity index (χ2v) is 6.63. The van der Waals surface area contributed by atoms with E-state index in [9.17, 15) is 20.0 Å². The molecule has 2 aromatic rings. The Balaban J connectivity index is 2.14. The molecule has 1 atom stereocenters. The van der Waals surface area contributed by atoms with Gasteiger partial charge in [-0.15, -0.1) is 0 Å². The number of carbonyl (C=O) groups is 1. The van der Waals surface area contributed by atoms with Crippen LogP contribution in [-0.2, 0) is 11.3 Å². The zero-order chi connectivity index (χ0) is 18.8. The minimum atomic E-state index is -0.620. The van der Waals surface area contributed by atoms with Gasteiger partial charge in [-0.1, -0.05) is 11.6 Å². The monoisotopic (exact) mass is 372 g/mol. The molecule has 6 nitrogen and oxygen atoms in total.